The second kappa shape index (κ2) is 5.29. The Morgan fingerprint density at radius 2 is 2.06 bits per heavy atom. The molecule has 0 bridgehead atoms. The van der Waals surface area contributed by atoms with Crippen LogP contribution in [0, 0.1) is 5.92 Å². The van der Waals surface area contributed by atoms with Crippen LogP contribution < -0.4 is 0 Å². The zero-order valence-electron chi connectivity index (χ0n) is 9.46. The first-order valence-electron chi connectivity index (χ1n) is 5.47. The third-order valence-electron chi connectivity index (χ3n) is 2.69. The van der Waals surface area contributed by atoms with Crippen molar-refractivity contribution in [2.45, 2.75) is 44.5 Å². The number of halogens is 3. The van der Waals surface area contributed by atoms with Gasteiger partial charge >= 0.3 is 15.6 Å². The van der Waals surface area contributed by atoms with Gasteiger partial charge in [0, 0.05) is 6.42 Å². The topological polar surface area (TPSA) is 43.4 Å². The molecule has 0 fully saturated rings. The van der Waals surface area contributed by atoms with Crippen molar-refractivity contribution in [3.63, 3.8) is 0 Å². The minimum absolute atomic E-state index is 0.0772. The molecule has 1 rings (SSSR count). The highest BCUT2D eigenvalue weighted by Crippen LogP contribution is 2.31. The zero-order chi connectivity index (χ0) is 13.1. The van der Waals surface area contributed by atoms with Crippen molar-refractivity contribution in [2.24, 2.45) is 5.92 Å². The van der Waals surface area contributed by atoms with Crippen molar-refractivity contribution in [1.82, 2.24) is 0 Å². The van der Waals surface area contributed by atoms with Crippen LogP contribution in [0.2, 0.25) is 0 Å². The van der Waals surface area contributed by atoms with E-state index in [1.165, 1.54) is 6.08 Å². The highest BCUT2D eigenvalue weighted by Gasteiger charge is 2.48. The molecule has 0 saturated heterocycles. The van der Waals surface area contributed by atoms with Gasteiger partial charge in [0.1, 0.15) is 5.76 Å². The van der Waals surface area contributed by atoms with Crippen LogP contribution in [0.15, 0.2) is 11.8 Å². The predicted molar refractivity (Wildman–Crippen MR) is 56.4 cm³/mol. The van der Waals surface area contributed by atoms with E-state index in [1.54, 1.807) is 0 Å². The van der Waals surface area contributed by atoms with Crippen LogP contribution in [-0.4, -0.2) is 13.9 Å². The standard InChI is InChI=1S/C10H15F3O3S/c1-2-8-5-3-4-6-9(7-8)16-17(14,15)10(11,12)13/h7-8H,2-6H2,1H3/t8-/m0/s1. The van der Waals surface area contributed by atoms with Crippen LogP contribution in [-0.2, 0) is 14.3 Å². The van der Waals surface area contributed by atoms with Crippen molar-refractivity contribution >= 4 is 10.1 Å². The molecule has 17 heavy (non-hydrogen) atoms. The first-order chi connectivity index (χ1) is 7.76. The maximum atomic E-state index is 12.1. The Kier molecular flexibility index (Phi) is 4.46. The molecule has 0 unspecified atom stereocenters. The van der Waals surface area contributed by atoms with E-state index in [-0.39, 0.29) is 18.1 Å². The normalized spacial score (nSPS) is 22.8. The molecule has 0 amide bonds. The fourth-order valence-electron chi connectivity index (χ4n) is 1.71. The van der Waals surface area contributed by atoms with Gasteiger partial charge < -0.3 is 4.18 Å². The van der Waals surface area contributed by atoms with Gasteiger partial charge in [-0.1, -0.05) is 13.3 Å². The summed E-state index contributed by atoms with van der Waals surface area (Å²) in [7, 11) is -5.51. The molecule has 0 aliphatic heterocycles. The maximum absolute atomic E-state index is 12.1. The molecular weight excluding hydrogens is 257 g/mol. The lowest BCUT2D eigenvalue weighted by molar-refractivity contribution is -0.0523. The molecule has 0 aromatic rings. The lowest BCUT2D eigenvalue weighted by Crippen LogP contribution is -2.25. The molecule has 1 aliphatic carbocycles. The predicted octanol–water partition coefficient (Wildman–Crippen LogP) is 3.34. The summed E-state index contributed by atoms with van der Waals surface area (Å²) in [6.07, 6.45) is 4.89. The van der Waals surface area contributed by atoms with Gasteiger partial charge in [-0.3, -0.25) is 0 Å². The average molecular weight is 272 g/mol. The van der Waals surface area contributed by atoms with Gasteiger partial charge in [-0.25, -0.2) is 0 Å². The third-order valence-corrected chi connectivity index (χ3v) is 3.69. The van der Waals surface area contributed by atoms with E-state index in [0.29, 0.717) is 6.42 Å². The molecule has 0 aromatic heterocycles. The second-order valence-electron chi connectivity index (χ2n) is 4.03. The van der Waals surface area contributed by atoms with E-state index in [0.717, 1.165) is 19.3 Å². The molecule has 1 aliphatic rings. The lowest BCUT2D eigenvalue weighted by atomic mass is 10.0. The van der Waals surface area contributed by atoms with E-state index < -0.39 is 15.6 Å². The van der Waals surface area contributed by atoms with Gasteiger partial charge in [0.15, 0.2) is 0 Å². The highest BCUT2D eigenvalue weighted by atomic mass is 32.2. The van der Waals surface area contributed by atoms with Crippen LogP contribution in [0.3, 0.4) is 0 Å². The van der Waals surface area contributed by atoms with E-state index >= 15 is 0 Å². The SMILES string of the molecule is CC[C@@H]1C=C(OS(=O)(=O)C(F)(F)F)CCCC1. The second-order valence-corrected chi connectivity index (χ2v) is 5.57. The Morgan fingerprint density at radius 1 is 1.41 bits per heavy atom. The molecule has 0 spiro atoms. The van der Waals surface area contributed by atoms with Crippen LogP contribution in [0.4, 0.5) is 13.2 Å². The van der Waals surface area contributed by atoms with Gasteiger partial charge in [0.2, 0.25) is 0 Å². The smallest absolute Gasteiger partial charge is 0.381 e. The Balaban J connectivity index is 2.83. The molecule has 0 heterocycles. The summed E-state index contributed by atoms with van der Waals surface area (Å²) in [5.74, 6) is 0.0163. The Labute approximate surface area is 98.8 Å². The third kappa shape index (κ3) is 3.90. The zero-order valence-corrected chi connectivity index (χ0v) is 10.3. The molecule has 7 heteroatoms. The molecule has 0 saturated carbocycles. The Morgan fingerprint density at radius 3 is 2.59 bits per heavy atom. The van der Waals surface area contributed by atoms with Crippen molar-refractivity contribution in [2.75, 3.05) is 0 Å². The summed E-state index contributed by atoms with van der Waals surface area (Å²) in [5.41, 5.74) is -5.36. The summed E-state index contributed by atoms with van der Waals surface area (Å²) >= 11 is 0. The Bertz CT molecular complexity index is 384. The molecule has 1 atom stereocenters. The molecule has 100 valence electrons. The van der Waals surface area contributed by atoms with Crippen LogP contribution in [0.1, 0.15) is 39.0 Å². The first-order valence-corrected chi connectivity index (χ1v) is 6.88. The van der Waals surface area contributed by atoms with Gasteiger partial charge in [-0.05, 0) is 31.3 Å². The van der Waals surface area contributed by atoms with E-state index in [1.807, 2.05) is 6.92 Å². The minimum atomic E-state index is -5.51. The fourth-order valence-corrected chi connectivity index (χ4v) is 2.23. The monoisotopic (exact) mass is 272 g/mol. The number of allylic oxidation sites excluding steroid dienone is 2. The van der Waals surface area contributed by atoms with Crippen LogP contribution in [0.5, 0.6) is 0 Å². The summed E-state index contributed by atoms with van der Waals surface area (Å²) in [6, 6.07) is 0. The van der Waals surface area contributed by atoms with Crippen molar-refractivity contribution in [3.05, 3.63) is 11.8 Å². The number of alkyl halides is 3. The Hall–Kier alpha value is -0.720. The molecule has 0 N–H and O–H groups in total. The highest BCUT2D eigenvalue weighted by molar-refractivity contribution is 7.87. The van der Waals surface area contributed by atoms with E-state index in [2.05, 4.69) is 4.18 Å². The first kappa shape index (κ1) is 14.3. The van der Waals surface area contributed by atoms with E-state index in [9.17, 15) is 21.6 Å². The molecule has 3 nitrogen and oxygen atoms in total. The van der Waals surface area contributed by atoms with Gasteiger partial charge in [0.25, 0.3) is 0 Å². The molecular formula is C10H15F3O3S. The van der Waals surface area contributed by atoms with Gasteiger partial charge in [-0.2, -0.15) is 21.6 Å². The van der Waals surface area contributed by atoms with Crippen molar-refractivity contribution < 1.29 is 25.8 Å². The average Bonchev–Trinajstić information content (AvgIpc) is 2.40. The van der Waals surface area contributed by atoms with Crippen molar-refractivity contribution in [3.8, 4) is 0 Å². The summed E-state index contributed by atoms with van der Waals surface area (Å²) in [6.45, 7) is 1.91. The van der Waals surface area contributed by atoms with Gasteiger partial charge in [0.05, 0.1) is 0 Å². The number of hydrogen-bond acceptors (Lipinski definition) is 3. The lowest BCUT2D eigenvalue weighted by Gasteiger charge is -2.12. The van der Waals surface area contributed by atoms with Crippen molar-refractivity contribution in [1.29, 1.82) is 0 Å². The summed E-state index contributed by atoms with van der Waals surface area (Å²) in [5, 5.41) is 0. The molecule has 0 radical (unpaired) electrons. The van der Waals surface area contributed by atoms with Crippen LogP contribution in [0.25, 0.3) is 0 Å². The number of rotatable bonds is 3. The summed E-state index contributed by atoms with van der Waals surface area (Å²) < 4.78 is 62.2. The fraction of sp³-hybridized carbons (Fsp3) is 0.800. The van der Waals surface area contributed by atoms with Gasteiger partial charge in [-0.15, -0.1) is 0 Å². The van der Waals surface area contributed by atoms with Crippen LogP contribution >= 0.6 is 0 Å². The largest absolute Gasteiger partial charge is 0.534 e. The molecule has 0 aromatic carbocycles. The summed E-state index contributed by atoms with van der Waals surface area (Å²) in [4.78, 5) is 0. The maximum Gasteiger partial charge on any atom is 0.534 e. The quantitative estimate of drug-likeness (QED) is 0.584. The minimum Gasteiger partial charge on any atom is -0.381 e. The number of hydrogen-bond donors (Lipinski definition) is 0. The van der Waals surface area contributed by atoms with E-state index in [4.69, 9.17) is 0 Å².